The maximum absolute atomic E-state index is 10.9. The third-order valence-corrected chi connectivity index (χ3v) is 5.56. The van der Waals surface area contributed by atoms with Crippen LogP contribution in [0.15, 0.2) is 18.0 Å². The molecule has 1 saturated heterocycles. The number of nitrogens with zero attached hydrogens (tertiary/aromatic N) is 3. The van der Waals surface area contributed by atoms with E-state index in [1.54, 1.807) is 19.3 Å². The first kappa shape index (κ1) is 18.8. The lowest BCUT2D eigenvalue weighted by molar-refractivity contribution is -0.132. The molecule has 1 saturated carbocycles. The number of carboxylic acids is 1. The standard InChI is InChI=1S/C20H30N4O2/c1-15(20(25)26)11-18-12-22-19(13-21-18)23-17-7-4-9-24(14-17)10-8-16-5-2-3-6-16/h11-13,16-17H,2-10,14H2,1H3,(H,22,23)(H,25,26)/b15-11+/t17-/m1/s1. The second kappa shape index (κ2) is 9.12. The zero-order valence-corrected chi connectivity index (χ0v) is 15.7. The van der Waals surface area contributed by atoms with Crippen molar-refractivity contribution in [1.82, 2.24) is 14.9 Å². The van der Waals surface area contributed by atoms with E-state index < -0.39 is 5.97 Å². The summed E-state index contributed by atoms with van der Waals surface area (Å²) in [4.78, 5) is 22.1. The summed E-state index contributed by atoms with van der Waals surface area (Å²) in [6.07, 6.45) is 14.3. The largest absolute Gasteiger partial charge is 0.478 e. The van der Waals surface area contributed by atoms with Gasteiger partial charge in [0.15, 0.2) is 0 Å². The van der Waals surface area contributed by atoms with Gasteiger partial charge in [-0.3, -0.25) is 4.98 Å². The minimum atomic E-state index is -0.936. The first-order valence-corrected chi connectivity index (χ1v) is 9.82. The lowest BCUT2D eigenvalue weighted by Crippen LogP contribution is -2.42. The van der Waals surface area contributed by atoms with Gasteiger partial charge in [0.1, 0.15) is 5.82 Å². The summed E-state index contributed by atoms with van der Waals surface area (Å²) in [5, 5.41) is 12.4. The summed E-state index contributed by atoms with van der Waals surface area (Å²) in [7, 11) is 0. The van der Waals surface area contributed by atoms with E-state index >= 15 is 0 Å². The van der Waals surface area contributed by atoms with Crippen LogP contribution in [0.3, 0.4) is 0 Å². The maximum Gasteiger partial charge on any atom is 0.331 e. The monoisotopic (exact) mass is 358 g/mol. The molecule has 26 heavy (non-hydrogen) atoms. The van der Waals surface area contributed by atoms with E-state index in [-0.39, 0.29) is 5.57 Å². The van der Waals surface area contributed by atoms with E-state index in [0.717, 1.165) is 24.7 Å². The highest BCUT2D eigenvalue weighted by Gasteiger charge is 2.22. The summed E-state index contributed by atoms with van der Waals surface area (Å²) in [6, 6.07) is 0.406. The van der Waals surface area contributed by atoms with Crippen LogP contribution < -0.4 is 5.32 Å². The van der Waals surface area contributed by atoms with Crippen LogP contribution in [0.2, 0.25) is 0 Å². The van der Waals surface area contributed by atoms with Crippen molar-refractivity contribution in [1.29, 1.82) is 0 Å². The van der Waals surface area contributed by atoms with Crippen LogP contribution in [-0.2, 0) is 4.79 Å². The fraction of sp³-hybridized carbons (Fsp3) is 0.650. The summed E-state index contributed by atoms with van der Waals surface area (Å²) in [5.41, 5.74) is 0.822. The van der Waals surface area contributed by atoms with Gasteiger partial charge in [-0.15, -0.1) is 0 Å². The number of carbonyl (C=O) groups is 1. The van der Waals surface area contributed by atoms with Crippen molar-refractivity contribution in [2.24, 2.45) is 5.92 Å². The van der Waals surface area contributed by atoms with Crippen molar-refractivity contribution in [3.05, 3.63) is 23.7 Å². The van der Waals surface area contributed by atoms with Gasteiger partial charge in [-0.05, 0) is 51.3 Å². The predicted octanol–water partition coefficient (Wildman–Crippen LogP) is 3.42. The first-order valence-electron chi connectivity index (χ1n) is 9.82. The van der Waals surface area contributed by atoms with Crippen LogP contribution >= 0.6 is 0 Å². The average molecular weight is 358 g/mol. The lowest BCUT2D eigenvalue weighted by Gasteiger charge is -2.33. The third-order valence-electron chi connectivity index (χ3n) is 5.56. The molecule has 2 heterocycles. The van der Waals surface area contributed by atoms with E-state index in [2.05, 4.69) is 20.2 Å². The number of aromatic nitrogens is 2. The number of anilines is 1. The Morgan fingerprint density at radius 1 is 1.27 bits per heavy atom. The van der Waals surface area contributed by atoms with E-state index in [9.17, 15) is 4.79 Å². The van der Waals surface area contributed by atoms with Crippen LogP contribution in [0.25, 0.3) is 6.08 Å². The highest BCUT2D eigenvalue weighted by atomic mass is 16.4. The summed E-state index contributed by atoms with van der Waals surface area (Å²) < 4.78 is 0. The van der Waals surface area contributed by atoms with Gasteiger partial charge < -0.3 is 15.3 Å². The van der Waals surface area contributed by atoms with Crippen LogP contribution in [0.5, 0.6) is 0 Å². The molecule has 2 aliphatic rings. The van der Waals surface area contributed by atoms with Gasteiger partial charge in [-0.2, -0.15) is 0 Å². The molecule has 0 aromatic carbocycles. The maximum atomic E-state index is 10.9. The number of hydrogen-bond donors (Lipinski definition) is 2. The Hall–Kier alpha value is -1.95. The number of nitrogens with one attached hydrogen (secondary N) is 1. The molecule has 0 radical (unpaired) electrons. The third kappa shape index (κ3) is 5.53. The SMILES string of the molecule is C/C(=C\c1cnc(N[C@@H]2CCCN(CCC3CCCC3)C2)cn1)C(=O)O. The van der Waals surface area contributed by atoms with Crippen LogP contribution in [-0.4, -0.2) is 51.6 Å². The summed E-state index contributed by atoms with van der Waals surface area (Å²) in [5.74, 6) is 0.774. The Labute approximate surface area is 155 Å². The topological polar surface area (TPSA) is 78.4 Å². The van der Waals surface area contributed by atoms with E-state index in [1.807, 2.05) is 0 Å². The number of piperidine rings is 1. The summed E-state index contributed by atoms with van der Waals surface area (Å²) in [6.45, 7) is 5.04. The zero-order chi connectivity index (χ0) is 18.4. The number of aliphatic carboxylic acids is 1. The molecule has 2 N–H and O–H groups in total. The average Bonchev–Trinajstić information content (AvgIpc) is 3.15. The molecule has 1 aliphatic heterocycles. The molecule has 2 fully saturated rings. The Bertz CT molecular complexity index is 623. The normalized spacial score (nSPS) is 22.5. The van der Waals surface area contributed by atoms with Crippen LogP contribution in [0.1, 0.15) is 57.6 Å². The summed E-state index contributed by atoms with van der Waals surface area (Å²) >= 11 is 0. The molecule has 0 amide bonds. The number of rotatable bonds is 7. The quantitative estimate of drug-likeness (QED) is 0.727. The molecular formula is C20H30N4O2. The van der Waals surface area contributed by atoms with Gasteiger partial charge >= 0.3 is 5.97 Å². The Morgan fingerprint density at radius 3 is 2.77 bits per heavy atom. The van der Waals surface area contributed by atoms with E-state index in [1.165, 1.54) is 57.7 Å². The molecule has 6 heteroatoms. The Kier molecular flexibility index (Phi) is 6.61. The highest BCUT2D eigenvalue weighted by molar-refractivity contribution is 5.91. The van der Waals surface area contributed by atoms with E-state index in [0.29, 0.717) is 11.7 Å². The zero-order valence-electron chi connectivity index (χ0n) is 15.7. The fourth-order valence-corrected chi connectivity index (χ4v) is 4.02. The highest BCUT2D eigenvalue weighted by Crippen LogP contribution is 2.28. The van der Waals surface area contributed by atoms with Gasteiger partial charge in [0.25, 0.3) is 0 Å². The minimum Gasteiger partial charge on any atom is -0.478 e. The molecule has 1 aromatic heterocycles. The van der Waals surface area contributed by atoms with Crippen LogP contribution in [0, 0.1) is 5.92 Å². The second-order valence-electron chi connectivity index (χ2n) is 7.68. The van der Waals surface area contributed by atoms with E-state index in [4.69, 9.17) is 5.11 Å². The molecule has 1 aliphatic carbocycles. The molecule has 3 rings (SSSR count). The first-order chi connectivity index (χ1) is 12.6. The van der Waals surface area contributed by atoms with Crippen molar-refractivity contribution in [3.63, 3.8) is 0 Å². The Balaban J connectivity index is 1.48. The molecule has 1 atom stereocenters. The van der Waals surface area contributed by atoms with Crippen molar-refractivity contribution in [3.8, 4) is 0 Å². The van der Waals surface area contributed by atoms with Gasteiger partial charge in [0, 0.05) is 18.2 Å². The predicted molar refractivity (Wildman–Crippen MR) is 103 cm³/mol. The molecule has 1 aromatic rings. The van der Waals surface area contributed by atoms with Gasteiger partial charge in [0.2, 0.25) is 0 Å². The Morgan fingerprint density at radius 2 is 2.08 bits per heavy atom. The van der Waals surface area contributed by atoms with Crippen LogP contribution in [0.4, 0.5) is 5.82 Å². The number of carboxylic acid groups (broad SMARTS) is 1. The number of hydrogen-bond acceptors (Lipinski definition) is 5. The fourth-order valence-electron chi connectivity index (χ4n) is 4.02. The van der Waals surface area contributed by atoms with Crippen molar-refractivity contribution < 1.29 is 9.90 Å². The smallest absolute Gasteiger partial charge is 0.331 e. The molecule has 142 valence electrons. The van der Waals surface area contributed by atoms with Crippen molar-refractivity contribution >= 4 is 17.9 Å². The van der Waals surface area contributed by atoms with Crippen molar-refractivity contribution in [2.45, 2.75) is 57.9 Å². The minimum absolute atomic E-state index is 0.255. The van der Waals surface area contributed by atoms with Gasteiger partial charge in [0.05, 0.1) is 18.1 Å². The molecule has 6 nitrogen and oxygen atoms in total. The molecule has 0 bridgehead atoms. The second-order valence-corrected chi connectivity index (χ2v) is 7.68. The molecule has 0 unspecified atom stereocenters. The van der Waals surface area contributed by atoms with Gasteiger partial charge in [-0.1, -0.05) is 25.7 Å². The number of likely N-dealkylation sites (tertiary alicyclic amines) is 1. The molecule has 0 spiro atoms. The van der Waals surface area contributed by atoms with Crippen molar-refractivity contribution in [2.75, 3.05) is 25.0 Å². The molecular weight excluding hydrogens is 328 g/mol. The lowest BCUT2D eigenvalue weighted by atomic mass is 10.0. The van der Waals surface area contributed by atoms with Gasteiger partial charge in [-0.25, -0.2) is 9.78 Å².